The summed E-state index contributed by atoms with van der Waals surface area (Å²) < 4.78 is 6.57. The summed E-state index contributed by atoms with van der Waals surface area (Å²) in [6.45, 7) is 4.86. The average Bonchev–Trinajstić information content (AvgIpc) is 3.07. The summed E-state index contributed by atoms with van der Waals surface area (Å²) in [6, 6.07) is 16.2. The number of carbonyl (C=O) groups is 1. The minimum absolute atomic E-state index is 0.0111. The number of nitrogens with one attached hydrogen (secondary N) is 1. The van der Waals surface area contributed by atoms with Gasteiger partial charge < -0.3 is 10.1 Å². The second kappa shape index (κ2) is 9.60. The molecule has 0 saturated heterocycles. The molecule has 5 nitrogen and oxygen atoms in total. The van der Waals surface area contributed by atoms with Gasteiger partial charge in [0.1, 0.15) is 5.01 Å². The number of aromatic nitrogens is 1. The van der Waals surface area contributed by atoms with Gasteiger partial charge in [0.05, 0.1) is 29.9 Å². The van der Waals surface area contributed by atoms with Crippen LogP contribution < -0.4 is 5.32 Å². The lowest BCUT2D eigenvalue weighted by atomic mass is 10.1. The van der Waals surface area contributed by atoms with Crippen molar-refractivity contribution in [2.75, 3.05) is 20.2 Å². The number of nitrogens with zero attached hydrogens (tertiary/aromatic N) is 2. The maximum atomic E-state index is 12.2. The molecule has 0 aliphatic heterocycles. The summed E-state index contributed by atoms with van der Waals surface area (Å²) in [5.41, 5.74) is 3.24. The van der Waals surface area contributed by atoms with Gasteiger partial charge in [0.15, 0.2) is 0 Å². The van der Waals surface area contributed by atoms with E-state index >= 15 is 0 Å². The lowest BCUT2D eigenvalue weighted by Gasteiger charge is -2.14. The van der Waals surface area contributed by atoms with Gasteiger partial charge in [0, 0.05) is 13.2 Å². The van der Waals surface area contributed by atoms with E-state index in [9.17, 15) is 4.79 Å². The average molecular weight is 384 g/mol. The number of hydrogen-bond acceptors (Lipinski definition) is 5. The second-order valence-corrected chi connectivity index (χ2v) is 7.59. The summed E-state index contributed by atoms with van der Waals surface area (Å²) in [5.74, 6) is 0.0111. The molecule has 1 heterocycles. The Hall–Kier alpha value is -2.28. The minimum atomic E-state index is 0.0111. The van der Waals surface area contributed by atoms with Crippen molar-refractivity contribution in [2.24, 2.45) is 0 Å². The molecule has 0 aliphatic carbocycles. The molecular weight excluding hydrogens is 358 g/mol. The third-order valence-electron chi connectivity index (χ3n) is 4.14. The quantitative estimate of drug-likeness (QED) is 0.614. The van der Waals surface area contributed by atoms with E-state index in [4.69, 9.17) is 4.74 Å². The van der Waals surface area contributed by atoms with Gasteiger partial charge in [-0.3, -0.25) is 9.69 Å². The van der Waals surface area contributed by atoms with Gasteiger partial charge in [-0.2, -0.15) is 0 Å². The van der Waals surface area contributed by atoms with Crippen molar-refractivity contribution in [3.63, 3.8) is 0 Å². The Balaban J connectivity index is 1.44. The van der Waals surface area contributed by atoms with E-state index in [1.165, 1.54) is 4.70 Å². The van der Waals surface area contributed by atoms with Gasteiger partial charge in [0.2, 0.25) is 5.91 Å². The largest absolute Gasteiger partial charge is 0.377 e. The van der Waals surface area contributed by atoms with Crippen molar-refractivity contribution < 1.29 is 9.53 Å². The van der Waals surface area contributed by atoms with Gasteiger partial charge in [-0.25, -0.2) is 4.98 Å². The SMILES string of the molecule is CCOCc1ccc(CNC(=O)CN(C)Cc2nc3ccccc3s2)cc1. The zero-order chi connectivity index (χ0) is 19.1. The highest BCUT2D eigenvalue weighted by Gasteiger charge is 2.10. The normalized spacial score (nSPS) is 11.2. The van der Waals surface area contributed by atoms with E-state index in [-0.39, 0.29) is 5.91 Å². The van der Waals surface area contributed by atoms with E-state index in [0.717, 1.165) is 21.7 Å². The summed E-state index contributed by atoms with van der Waals surface area (Å²) >= 11 is 1.68. The van der Waals surface area contributed by atoms with E-state index in [2.05, 4.69) is 16.4 Å². The van der Waals surface area contributed by atoms with Crippen molar-refractivity contribution in [1.29, 1.82) is 0 Å². The van der Waals surface area contributed by atoms with Crippen molar-refractivity contribution in [2.45, 2.75) is 26.6 Å². The molecule has 3 rings (SSSR count). The van der Waals surface area contributed by atoms with Gasteiger partial charge in [-0.15, -0.1) is 11.3 Å². The molecule has 3 aromatic rings. The zero-order valence-corrected chi connectivity index (χ0v) is 16.6. The van der Waals surface area contributed by atoms with Crippen LogP contribution >= 0.6 is 11.3 Å². The number of thiazole rings is 1. The summed E-state index contributed by atoms with van der Waals surface area (Å²) in [7, 11) is 1.94. The summed E-state index contributed by atoms with van der Waals surface area (Å²) in [6.07, 6.45) is 0. The fourth-order valence-electron chi connectivity index (χ4n) is 2.75. The molecule has 0 bridgehead atoms. The molecule has 1 amide bonds. The fourth-order valence-corrected chi connectivity index (χ4v) is 3.80. The molecule has 1 aromatic heterocycles. The number of amides is 1. The van der Waals surface area contributed by atoms with Crippen LogP contribution in [-0.4, -0.2) is 36.0 Å². The monoisotopic (exact) mass is 383 g/mol. The summed E-state index contributed by atoms with van der Waals surface area (Å²) in [4.78, 5) is 18.8. The number of carbonyl (C=O) groups excluding carboxylic acids is 1. The molecule has 1 N–H and O–H groups in total. The third kappa shape index (κ3) is 5.85. The molecule has 142 valence electrons. The maximum absolute atomic E-state index is 12.2. The first kappa shape index (κ1) is 19.5. The molecule has 0 unspecified atom stereocenters. The number of para-hydroxylation sites is 1. The summed E-state index contributed by atoms with van der Waals surface area (Å²) in [5, 5.41) is 4.00. The topological polar surface area (TPSA) is 54.5 Å². The smallest absolute Gasteiger partial charge is 0.234 e. The number of ether oxygens (including phenoxy) is 1. The Morgan fingerprint density at radius 2 is 1.89 bits per heavy atom. The Bertz CT molecular complexity index is 844. The lowest BCUT2D eigenvalue weighted by molar-refractivity contribution is -0.122. The van der Waals surface area contributed by atoms with E-state index in [1.807, 2.05) is 61.3 Å². The molecule has 0 aliphatic rings. The molecule has 0 radical (unpaired) electrons. The third-order valence-corrected chi connectivity index (χ3v) is 5.16. The van der Waals surface area contributed by atoms with Crippen molar-refractivity contribution in [1.82, 2.24) is 15.2 Å². The van der Waals surface area contributed by atoms with Gasteiger partial charge in [0.25, 0.3) is 0 Å². The van der Waals surface area contributed by atoms with Crippen LogP contribution in [0.3, 0.4) is 0 Å². The molecule has 2 aromatic carbocycles. The molecule has 6 heteroatoms. The highest BCUT2D eigenvalue weighted by atomic mass is 32.1. The Kier molecular flexibility index (Phi) is 6.92. The zero-order valence-electron chi connectivity index (χ0n) is 15.8. The molecule has 27 heavy (non-hydrogen) atoms. The standard InChI is InChI=1S/C21H25N3O2S/c1-3-26-15-17-10-8-16(9-11-17)12-22-20(25)13-24(2)14-21-23-18-6-4-5-7-19(18)27-21/h4-11H,3,12-15H2,1-2H3,(H,22,25). The van der Waals surface area contributed by atoms with E-state index < -0.39 is 0 Å². The number of likely N-dealkylation sites (N-methyl/N-ethyl adjacent to an activating group) is 1. The first-order valence-electron chi connectivity index (χ1n) is 9.09. The van der Waals surface area contributed by atoms with Crippen LogP contribution in [0.1, 0.15) is 23.1 Å². The fraction of sp³-hybridized carbons (Fsp3) is 0.333. The number of hydrogen-bond donors (Lipinski definition) is 1. The minimum Gasteiger partial charge on any atom is -0.377 e. The van der Waals surface area contributed by atoms with Crippen LogP contribution in [0.2, 0.25) is 0 Å². The van der Waals surface area contributed by atoms with Gasteiger partial charge >= 0.3 is 0 Å². The number of fused-ring (bicyclic) bond motifs is 1. The molecular formula is C21H25N3O2S. The molecule has 0 fully saturated rings. The molecule has 0 saturated carbocycles. The van der Waals surface area contributed by atoms with Gasteiger partial charge in [-0.05, 0) is 37.2 Å². The van der Waals surface area contributed by atoms with Crippen molar-refractivity contribution >= 4 is 27.5 Å². The predicted octanol–water partition coefficient (Wildman–Crippen LogP) is 3.58. The highest BCUT2D eigenvalue weighted by Crippen LogP contribution is 2.22. The molecule has 0 atom stereocenters. The van der Waals surface area contributed by atoms with Crippen molar-refractivity contribution in [3.05, 3.63) is 64.7 Å². The van der Waals surface area contributed by atoms with E-state index in [1.54, 1.807) is 11.3 Å². The molecule has 0 spiro atoms. The van der Waals surface area contributed by atoms with Gasteiger partial charge in [-0.1, -0.05) is 36.4 Å². The van der Waals surface area contributed by atoms with E-state index in [0.29, 0.717) is 32.8 Å². The first-order valence-corrected chi connectivity index (χ1v) is 9.91. The second-order valence-electron chi connectivity index (χ2n) is 6.48. The van der Waals surface area contributed by atoms with Crippen molar-refractivity contribution in [3.8, 4) is 0 Å². The van der Waals surface area contributed by atoms with Crippen LogP contribution in [-0.2, 0) is 29.2 Å². The van der Waals surface area contributed by atoms with Crippen LogP contribution in [0.15, 0.2) is 48.5 Å². The maximum Gasteiger partial charge on any atom is 0.234 e. The van der Waals surface area contributed by atoms with Crippen LogP contribution in [0.25, 0.3) is 10.2 Å². The number of benzene rings is 2. The number of rotatable bonds is 9. The first-order chi connectivity index (χ1) is 13.1. The lowest BCUT2D eigenvalue weighted by Crippen LogP contribution is -2.34. The predicted molar refractivity (Wildman–Crippen MR) is 110 cm³/mol. The van der Waals surface area contributed by atoms with Crippen LogP contribution in [0, 0.1) is 0 Å². The highest BCUT2D eigenvalue weighted by molar-refractivity contribution is 7.18. The Morgan fingerprint density at radius 3 is 2.63 bits per heavy atom. The van der Waals surface area contributed by atoms with Crippen LogP contribution in [0.4, 0.5) is 0 Å². The van der Waals surface area contributed by atoms with Crippen LogP contribution in [0.5, 0.6) is 0 Å². The Morgan fingerprint density at radius 1 is 1.15 bits per heavy atom. The Labute approximate surface area is 164 Å².